The van der Waals surface area contributed by atoms with Crippen LogP contribution in [0.3, 0.4) is 0 Å². The third kappa shape index (κ3) is 8.69. The van der Waals surface area contributed by atoms with E-state index >= 15 is 0 Å². The Morgan fingerprint density at radius 1 is 0.422 bits per heavy atom. The first-order valence-corrected chi connectivity index (χ1v) is 25.5. The van der Waals surface area contributed by atoms with Crippen molar-refractivity contribution in [3.05, 3.63) is 149 Å². The Morgan fingerprint density at radius 2 is 0.812 bits per heavy atom. The van der Waals surface area contributed by atoms with E-state index in [1.54, 1.807) is 0 Å². The molecule has 0 bridgehead atoms. The topological polar surface area (TPSA) is 40.5 Å². The van der Waals surface area contributed by atoms with Crippen LogP contribution < -0.4 is 4.90 Å². The standard InChI is InChI=1S/C61H73NO2/c1-5-9-13-23-39-60(40-24-14-10-6-2)54-31-21-19-28-48(54)50-35-33-45(43-56(50)60)62(58-38-37-53(59(63)64)47-27-17-18-30-52(47)58)46-34-36-51-49-29-20-22-32-55(49)61(57(51)44-46,41-25-15-11-7-3)42-26-16-12-8-4/h17-22,27-38,43-44H,5-16,23-26,39-42H2,1-4H3,(H,63,64). The molecular weight excluding hydrogens is 779 g/mol. The Balaban J connectivity index is 1.35. The third-order valence-corrected chi connectivity index (χ3v) is 15.2. The zero-order valence-corrected chi connectivity index (χ0v) is 39.5. The molecule has 64 heavy (non-hydrogen) atoms. The molecule has 0 heterocycles. The molecule has 6 aromatic carbocycles. The molecule has 1 N–H and O–H groups in total. The highest BCUT2D eigenvalue weighted by atomic mass is 16.4. The van der Waals surface area contributed by atoms with E-state index in [2.05, 4.69) is 136 Å². The number of rotatable bonds is 24. The summed E-state index contributed by atoms with van der Waals surface area (Å²) in [6, 6.07) is 45.2. The maximum absolute atomic E-state index is 12.7. The molecule has 0 saturated carbocycles. The van der Waals surface area contributed by atoms with Crippen molar-refractivity contribution in [2.75, 3.05) is 4.90 Å². The highest BCUT2D eigenvalue weighted by molar-refractivity contribution is 6.09. The van der Waals surface area contributed by atoms with Gasteiger partial charge in [-0.15, -0.1) is 0 Å². The van der Waals surface area contributed by atoms with Gasteiger partial charge in [0.05, 0.1) is 11.3 Å². The van der Waals surface area contributed by atoms with Gasteiger partial charge >= 0.3 is 5.97 Å². The minimum absolute atomic E-state index is 0.0595. The zero-order valence-electron chi connectivity index (χ0n) is 39.5. The Morgan fingerprint density at radius 3 is 1.23 bits per heavy atom. The lowest BCUT2D eigenvalue weighted by Crippen LogP contribution is -2.26. The Hall–Kier alpha value is -5.15. The fourth-order valence-corrected chi connectivity index (χ4v) is 12.0. The van der Waals surface area contributed by atoms with Crippen LogP contribution in [-0.2, 0) is 10.8 Å². The summed E-state index contributed by atoms with van der Waals surface area (Å²) in [5.74, 6) is -0.897. The SMILES string of the molecule is CCCCCCC1(CCCCCC)c2ccccc2-c2ccc(N(c3ccc4c(c3)C(CCCCCC)(CCCCCC)c3ccccc3-4)c3ccc(C(=O)O)c4ccccc34)cc21. The van der Waals surface area contributed by atoms with Gasteiger partial charge < -0.3 is 10.0 Å². The minimum Gasteiger partial charge on any atom is -0.478 e. The second-order valence-corrected chi connectivity index (χ2v) is 19.3. The van der Waals surface area contributed by atoms with Crippen LogP contribution in [0.15, 0.2) is 121 Å². The lowest BCUT2D eigenvalue weighted by Gasteiger charge is -2.35. The van der Waals surface area contributed by atoms with Gasteiger partial charge in [0.2, 0.25) is 0 Å². The number of carboxylic acid groups (broad SMARTS) is 1. The Kier molecular flexibility index (Phi) is 14.7. The maximum atomic E-state index is 12.7. The molecule has 0 saturated heterocycles. The van der Waals surface area contributed by atoms with Crippen molar-refractivity contribution < 1.29 is 9.90 Å². The molecule has 0 spiro atoms. The highest BCUT2D eigenvalue weighted by Gasteiger charge is 2.44. The van der Waals surface area contributed by atoms with Crippen molar-refractivity contribution in [1.29, 1.82) is 0 Å². The van der Waals surface area contributed by atoms with Crippen molar-refractivity contribution in [1.82, 2.24) is 0 Å². The summed E-state index contributed by atoms with van der Waals surface area (Å²) in [5.41, 5.74) is 15.0. The number of carbonyl (C=O) groups is 1. The maximum Gasteiger partial charge on any atom is 0.336 e. The van der Waals surface area contributed by atoms with Crippen LogP contribution in [0.1, 0.15) is 189 Å². The van der Waals surface area contributed by atoms with Crippen molar-refractivity contribution in [2.45, 2.75) is 167 Å². The summed E-state index contributed by atoms with van der Waals surface area (Å²) >= 11 is 0. The van der Waals surface area contributed by atoms with E-state index in [1.165, 1.54) is 147 Å². The van der Waals surface area contributed by atoms with E-state index in [4.69, 9.17) is 0 Å². The second kappa shape index (κ2) is 20.8. The molecular formula is C61H73NO2. The molecule has 2 aliphatic rings. The summed E-state index contributed by atoms with van der Waals surface area (Å²) < 4.78 is 0. The molecule has 8 rings (SSSR count). The van der Waals surface area contributed by atoms with E-state index in [1.807, 2.05) is 18.2 Å². The molecule has 2 aliphatic carbocycles. The van der Waals surface area contributed by atoms with Crippen LogP contribution in [0.2, 0.25) is 0 Å². The fraction of sp³-hybridized carbons (Fsp3) is 0.426. The van der Waals surface area contributed by atoms with E-state index in [0.29, 0.717) is 5.56 Å². The van der Waals surface area contributed by atoms with Gasteiger partial charge in [-0.05, 0) is 112 Å². The molecule has 0 amide bonds. The predicted molar refractivity (Wildman–Crippen MR) is 273 cm³/mol. The number of carboxylic acids is 1. The van der Waals surface area contributed by atoms with Crippen LogP contribution in [0.25, 0.3) is 33.0 Å². The molecule has 3 nitrogen and oxygen atoms in total. The molecule has 3 heteroatoms. The van der Waals surface area contributed by atoms with Gasteiger partial charge in [-0.25, -0.2) is 4.79 Å². The number of unbranched alkanes of at least 4 members (excludes halogenated alkanes) is 12. The number of aromatic carboxylic acids is 1. The molecule has 6 aromatic rings. The largest absolute Gasteiger partial charge is 0.478 e. The average Bonchev–Trinajstić information content (AvgIpc) is 3.75. The number of fused-ring (bicyclic) bond motifs is 7. The smallest absolute Gasteiger partial charge is 0.336 e. The number of nitrogens with zero attached hydrogens (tertiary/aromatic N) is 1. The van der Waals surface area contributed by atoms with Crippen molar-refractivity contribution >= 4 is 33.8 Å². The molecule has 334 valence electrons. The van der Waals surface area contributed by atoms with E-state index < -0.39 is 5.97 Å². The van der Waals surface area contributed by atoms with E-state index in [9.17, 15) is 9.90 Å². The average molecular weight is 852 g/mol. The molecule has 0 atom stereocenters. The van der Waals surface area contributed by atoms with Crippen LogP contribution >= 0.6 is 0 Å². The van der Waals surface area contributed by atoms with E-state index in [-0.39, 0.29) is 10.8 Å². The summed E-state index contributed by atoms with van der Waals surface area (Å²) in [7, 11) is 0. The second-order valence-electron chi connectivity index (χ2n) is 19.3. The third-order valence-electron chi connectivity index (χ3n) is 15.2. The Labute approximate surface area is 385 Å². The predicted octanol–water partition coefficient (Wildman–Crippen LogP) is 18.4. The van der Waals surface area contributed by atoms with E-state index in [0.717, 1.165) is 53.5 Å². The zero-order chi connectivity index (χ0) is 44.5. The molecule has 0 aromatic heterocycles. The quantitative estimate of drug-likeness (QED) is 0.0617. The monoisotopic (exact) mass is 852 g/mol. The lowest BCUT2D eigenvalue weighted by atomic mass is 9.70. The summed E-state index contributed by atoms with van der Waals surface area (Å²) in [4.78, 5) is 15.2. The minimum atomic E-state index is -0.897. The highest BCUT2D eigenvalue weighted by Crippen LogP contribution is 2.58. The van der Waals surface area contributed by atoms with Crippen LogP contribution in [0, 0.1) is 0 Å². The fourth-order valence-electron chi connectivity index (χ4n) is 12.0. The van der Waals surface area contributed by atoms with Crippen molar-refractivity contribution in [3.63, 3.8) is 0 Å². The van der Waals surface area contributed by atoms with Crippen LogP contribution in [0.4, 0.5) is 17.1 Å². The van der Waals surface area contributed by atoms with Crippen molar-refractivity contribution in [2.24, 2.45) is 0 Å². The van der Waals surface area contributed by atoms with Gasteiger partial charge in [-0.3, -0.25) is 0 Å². The van der Waals surface area contributed by atoms with Gasteiger partial charge in [0.25, 0.3) is 0 Å². The number of hydrogen-bond donors (Lipinski definition) is 1. The first-order valence-electron chi connectivity index (χ1n) is 25.5. The molecule has 0 fully saturated rings. The molecule has 0 aliphatic heterocycles. The van der Waals surface area contributed by atoms with Gasteiger partial charge in [-0.2, -0.15) is 0 Å². The van der Waals surface area contributed by atoms with Gasteiger partial charge in [0, 0.05) is 27.6 Å². The Bertz CT molecular complexity index is 2380. The first kappa shape index (κ1) is 45.4. The summed E-state index contributed by atoms with van der Waals surface area (Å²) in [6.45, 7) is 9.26. The first-order chi connectivity index (χ1) is 31.4. The number of benzene rings is 6. The molecule has 0 radical (unpaired) electrons. The summed E-state index contributed by atoms with van der Waals surface area (Å²) in [6.07, 6.45) is 24.5. The summed E-state index contributed by atoms with van der Waals surface area (Å²) in [5, 5.41) is 12.2. The number of anilines is 3. The normalized spacial score (nSPS) is 14.0. The molecule has 0 unspecified atom stereocenters. The van der Waals surface area contributed by atoms with Gasteiger partial charge in [-0.1, -0.05) is 215 Å². The van der Waals surface area contributed by atoms with Crippen LogP contribution in [-0.4, -0.2) is 11.1 Å². The van der Waals surface area contributed by atoms with Crippen molar-refractivity contribution in [3.8, 4) is 22.3 Å². The lowest BCUT2D eigenvalue weighted by molar-refractivity contribution is 0.0699. The van der Waals surface area contributed by atoms with Crippen LogP contribution in [0.5, 0.6) is 0 Å². The van der Waals surface area contributed by atoms with Gasteiger partial charge in [0.15, 0.2) is 0 Å². The number of hydrogen-bond acceptors (Lipinski definition) is 2. The van der Waals surface area contributed by atoms with Gasteiger partial charge in [0.1, 0.15) is 0 Å².